The molecule has 0 saturated carbocycles. The molecule has 6 nitrogen and oxygen atoms in total. The van der Waals surface area contributed by atoms with Crippen molar-refractivity contribution in [2.75, 3.05) is 14.2 Å². The van der Waals surface area contributed by atoms with Crippen molar-refractivity contribution in [1.82, 2.24) is 15.6 Å². The number of hydrogen-bond acceptors (Lipinski definition) is 4. The Kier molecular flexibility index (Phi) is 6.29. The molecule has 1 atom stereocenters. The standard InChI is InChI=1S/C20H30N4O2/c1-13-8-9-16(25-7)15(10-13)14(2)24-19(21-6)23-12-18-22-11-17(26-18)20(3,4)5/h8-11,14H,12H2,1-7H3,(H2,21,23,24). The predicted molar refractivity (Wildman–Crippen MR) is 105 cm³/mol. The van der Waals surface area contributed by atoms with Crippen LogP contribution < -0.4 is 15.4 Å². The lowest BCUT2D eigenvalue weighted by atomic mass is 9.94. The van der Waals surface area contributed by atoms with Gasteiger partial charge in [0, 0.05) is 18.0 Å². The molecule has 2 N–H and O–H groups in total. The van der Waals surface area contributed by atoms with E-state index in [1.54, 1.807) is 20.4 Å². The Balaban J connectivity index is 2.01. The fourth-order valence-electron chi connectivity index (χ4n) is 2.57. The zero-order chi connectivity index (χ0) is 19.3. The molecule has 1 unspecified atom stereocenters. The summed E-state index contributed by atoms with van der Waals surface area (Å²) in [4.78, 5) is 8.62. The van der Waals surface area contributed by atoms with Gasteiger partial charge in [-0.25, -0.2) is 4.98 Å². The number of benzene rings is 1. The highest BCUT2D eigenvalue weighted by molar-refractivity contribution is 5.80. The number of guanidine groups is 1. The van der Waals surface area contributed by atoms with Crippen molar-refractivity contribution in [2.45, 2.75) is 52.6 Å². The molecule has 0 aliphatic carbocycles. The van der Waals surface area contributed by atoms with E-state index < -0.39 is 0 Å². The molecular weight excluding hydrogens is 328 g/mol. The molecule has 6 heteroatoms. The molecule has 1 aromatic heterocycles. The van der Waals surface area contributed by atoms with Gasteiger partial charge in [0.2, 0.25) is 5.89 Å². The molecular formula is C20H30N4O2. The van der Waals surface area contributed by atoms with E-state index in [1.165, 1.54) is 5.56 Å². The molecule has 142 valence electrons. The Labute approximate surface area is 156 Å². The van der Waals surface area contributed by atoms with Crippen molar-refractivity contribution in [3.05, 3.63) is 47.2 Å². The highest BCUT2D eigenvalue weighted by Gasteiger charge is 2.19. The molecule has 1 heterocycles. The number of hydrogen-bond donors (Lipinski definition) is 2. The van der Waals surface area contributed by atoms with Crippen LogP contribution in [0.25, 0.3) is 0 Å². The summed E-state index contributed by atoms with van der Waals surface area (Å²) >= 11 is 0. The van der Waals surface area contributed by atoms with E-state index in [-0.39, 0.29) is 11.5 Å². The summed E-state index contributed by atoms with van der Waals surface area (Å²) in [6, 6.07) is 6.18. The predicted octanol–water partition coefficient (Wildman–Crippen LogP) is 3.72. The van der Waals surface area contributed by atoms with Gasteiger partial charge in [-0.1, -0.05) is 38.5 Å². The minimum Gasteiger partial charge on any atom is -0.496 e. The van der Waals surface area contributed by atoms with Crippen LogP contribution >= 0.6 is 0 Å². The minimum atomic E-state index is -0.0542. The number of ether oxygens (including phenoxy) is 1. The summed E-state index contributed by atoms with van der Waals surface area (Å²) in [5.74, 6) is 3.04. The first kappa shape index (κ1) is 19.8. The van der Waals surface area contributed by atoms with Gasteiger partial charge in [-0.2, -0.15) is 0 Å². The number of oxazole rings is 1. The maximum absolute atomic E-state index is 5.81. The molecule has 0 fully saturated rings. The number of methoxy groups -OCH3 is 1. The van der Waals surface area contributed by atoms with Crippen molar-refractivity contribution in [1.29, 1.82) is 0 Å². The number of aromatic nitrogens is 1. The van der Waals surface area contributed by atoms with E-state index in [0.717, 1.165) is 17.1 Å². The zero-order valence-corrected chi connectivity index (χ0v) is 16.8. The second-order valence-electron chi connectivity index (χ2n) is 7.41. The monoisotopic (exact) mass is 358 g/mol. The van der Waals surface area contributed by atoms with Gasteiger partial charge >= 0.3 is 0 Å². The quantitative estimate of drug-likeness (QED) is 0.630. The average Bonchev–Trinajstić information content (AvgIpc) is 3.07. The van der Waals surface area contributed by atoms with Crippen LogP contribution in [0.2, 0.25) is 0 Å². The number of aliphatic imine (C=N–C) groups is 1. The molecule has 0 saturated heterocycles. The van der Waals surface area contributed by atoms with Gasteiger partial charge in [0.25, 0.3) is 0 Å². The van der Waals surface area contributed by atoms with E-state index in [2.05, 4.69) is 61.3 Å². The van der Waals surface area contributed by atoms with Crippen molar-refractivity contribution >= 4 is 5.96 Å². The van der Waals surface area contributed by atoms with Crippen LogP contribution in [0.5, 0.6) is 5.75 Å². The SMILES string of the molecule is CN=C(NCc1ncc(C(C)(C)C)o1)NC(C)c1cc(C)ccc1OC. The van der Waals surface area contributed by atoms with Gasteiger partial charge in [0.15, 0.2) is 5.96 Å². The molecule has 0 amide bonds. The Morgan fingerprint density at radius 2 is 2.08 bits per heavy atom. The average molecular weight is 358 g/mol. The first-order chi connectivity index (χ1) is 12.2. The molecule has 2 rings (SSSR count). The number of nitrogens with zero attached hydrogens (tertiary/aromatic N) is 2. The summed E-state index contributed by atoms with van der Waals surface area (Å²) < 4.78 is 11.3. The molecule has 0 aliphatic rings. The van der Waals surface area contributed by atoms with E-state index in [0.29, 0.717) is 18.4 Å². The van der Waals surface area contributed by atoms with Crippen molar-refractivity contribution < 1.29 is 9.15 Å². The van der Waals surface area contributed by atoms with Gasteiger partial charge in [-0.05, 0) is 19.9 Å². The van der Waals surface area contributed by atoms with Gasteiger partial charge < -0.3 is 19.8 Å². The Morgan fingerprint density at radius 1 is 1.35 bits per heavy atom. The van der Waals surface area contributed by atoms with Gasteiger partial charge in [-0.3, -0.25) is 4.99 Å². The lowest BCUT2D eigenvalue weighted by Crippen LogP contribution is -2.38. The summed E-state index contributed by atoms with van der Waals surface area (Å²) in [6.07, 6.45) is 1.79. The molecule has 0 aliphatic heterocycles. The topological polar surface area (TPSA) is 71.7 Å². The molecule has 2 aromatic rings. The second-order valence-corrected chi connectivity index (χ2v) is 7.41. The number of aryl methyl sites for hydroxylation is 1. The zero-order valence-electron chi connectivity index (χ0n) is 16.8. The second kappa shape index (κ2) is 8.25. The third-order valence-corrected chi connectivity index (χ3v) is 4.13. The van der Waals surface area contributed by atoms with Crippen LogP contribution in [0.15, 0.2) is 33.8 Å². The van der Waals surface area contributed by atoms with Crippen LogP contribution in [-0.4, -0.2) is 25.1 Å². The molecule has 0 radical (unpaired) electrons. The Bertz CT molecular complexity index is 759. The maximum atomic E-state index is 5.81. The minimum absolute atomic E-state index is 0.0331. The third kappa shape index (κ3) is 5.00. The van der Waals surface area contributed by atoms with Crippen LogP contribution in [0.4, 0.5) is 0 Å². The van der Waals surface area contributed by atoms with Gasteiger partial charge in [0.1, 0.15) is 11.5 Å². The van der Waals surface area contributed by atoms with E-state index >= 15 is 0 Å². The van der Waals surface area contributed by atoms with Crippen LogP contribution in [0, 0.1) is 6.92 Å². The molecule has 0 bridgehead atoms. The van der Waals surface area contributed by atoms with Crippen molar-refractivity contribution in [2.24, 2.45) is 4.99 Å². The first-order valence-electron chi connectivity index (χ1n) is 8.81. The van der Waals surface area contributed by atoms with Gasteiger partial charge in [-0.15, -0.1) is 0 Å². The summed E-state index contributed by atoms with van der Waals surface area (Å²) in [5, 5.41) is 6.63. The van der Waals surface area contributed by atoms with E-state index in [9.17, 15) is 0 Å². The summed E-state index contributed by atoms with van der Waals surface area (Å²) in [7, 11) is 3.43. The number of rotatable bonds is 5. The lowest BCUT2D eigenvalue weighted by molar-refractivity contribution is 0.379. The normalized spacial score (nSPS) is 13.4. The molecule has 26 heavy (non-hydrogen) atoms. The highest BCUT2D eigenvalue weighted by atomic mass is 16.5. The Hall–Kier alpha value is -2.50. The van der Waals surface area contributed by atoms with E-state index in [1.807, 2.05) is 12.1 Å². The largest absolute Gasteiger partial charge is 0.496 e. The smallest absolute Gasteiger partial charge is 0.213 e. The summed E-state index contributed by atoms with van der Waals surface area (Å²) in [5.41, 5.74) is 2.22. The maximum Gasteiger partial charge on any atom is 0.213 e. The number of nitrogens with one attached hydrogen (secondary N) is 2. The van der Waals surface area contributed by atoms with Crippen molar-refractivity contribution in [3.63, 3.8) is 0 Å². The Morgan fingerprint density at radius 3 is 2.65 bits per heavy atom. The van der Waals surface area contributed by atoms with Gasteiger partial charge in [0.05, 0.1) is 25.9 Å². The first-order valence-corrected chi connectivity index (χ1v) is 8.81. The summed E-state index contributed by atoms with van der Waals surface area (Å²) in [6.45, 7) is 10.9. The third-order valence-electron chi connectivity index (χ3n) is 4.13. The fraction of sp³-hybridized carbons (Fsp3) is 0.500. The van der Waals surface area contributed by atoms with Crippen LogP contribution in [0.3, 0.4) is 0 Å². The van der Waals surface area contributed by atoms with E-state index in [4.69, 9.17) is 9.15 Å². The molecule has 0 spiro atoms. The lowest BCUT2D eigenvalue weighted by Gasteiger charge is -2.20. The molecule has 1 aromatic carbocycles. The fourth-order valence-corrected chi connectivity index (χ4v) is 2.57. The van der Waals surface area contributed by atoms with Crippen LogP contribution in [-0.2, 0) is 12.0 Å². The highest BCUT2D eigenvalue weighted by Crippen LogP contribution is 2.26. The van der Waals surface area contributed by atoms with Crippen LogP contribution in [0.1, 0.15) is 56.5 Å². The van der Waals surface area contributed by atoms with Crippen molar-refractivity contribution in [3.8, 4) is 5.75 Å².